The summed E-state index contributed by atoms with van der Waals surface area (Å²) in [6, 6.07) is 29.1. The third kappa shape index (κ3) is 4.00. The molecule has 0 fully saturated rings. The molecule has 126 valence electrons. The fourth-order valence-corrected chi connectivity index (χ4v) is 3.89. The SMILES string of the molecule is c1ccc(Cc2cccc(CN[C@H]3CCCc4ccccc43)c2)cc1. The van der Waals surface area contributed by atoms with Gasteiger partial charge >= 0.3 is 0 Å². The van der Waals surface area contributed by atoms with Crippen LogP contribution >= 0.6 is 0 Å². The molecule has 0 bridgehead atoms. The number of rotatable bonds is 5. The minimum atomic E-state index is 0.489. The molecule has 4 rings (SSSR count). The summed E-state index contributed by atoms with van der Waals surface area (Å²) < 4.78 is 0. The molecule has 25 heavy (non-hydrogen) atoms. The predicted molar refractivity (Wildman–Crippen MR) is 105 cm³/mol. The standard InChI is InChI=1S/C24H25N/c1-2-8-19(9-3-1)16-20-10-6-11-21(17-20)18-25-24-15-7-13-22-12-4-5-14-23(22)24/h1-6,8-12,14,17,24-25H,7,13,15-16,18H2/t24-/m0/s1. The Morgan fingerprint density at radius 2 is 1.52 bits per heavy atom. The van der Waals surface area contributed by atoms with Gasteiger partial charge < -0.3 is 5.32 Å². The van der Waals surface area contributed by atoms with Crippen molar-refractivity contribution in [1.29, 1.82) is 0 Å². The highest BCUT2D eigenvalue weighted by Gasteiger charge is 2.18. The second-order valence-electron chi connectivity index (χ2n) is 7.01. The van der Waals surface area contributed by atoms with Crippen LogP contribution in [0.25, 0.3) is 0 Å². The van der Waals surface area contributed by atoms with Gasteiger partial charge in [0.05, 0.1) is 0 Å². The lowest BCUT2D eigenvalue weighted by Gasteiger charge is -2.26. The molecule has 1 atom stereocenters. The van der Waals surface area contributed by atoms with Crippen LogP contribution in [0.1, 0.15) is 46.7 Å². The maximum atomic E-state index is 3.79. The van der Waals surface area contributed by atoms with Crippen LogP contribution in [0.15, 0.2) is 78.9 Å². The average molecular weight is 327 g/mol. The van der Waals surface area contributed by atoms with Crippen molar-refractivity contribution in [2.24, 2.45) is 0 Å². The summed E-state index contributed by atoms with van der Waals surface area (Å²) in [6.07, 6.45) is 4.74. The molecule has 0 unspecified atom stereocenters. The molecule has 0 heterocycles. The van der Waals surface area contributed by atoms with Crippen molar-refractivity contribution in [3.8, 4) is 0 Å². The van der Waals surface area contributed by atoms with E-state index in [0.29, 0.717) is 6.04 Å². The summed E-state index contributed by atoms with van der Waals surface area (Å²) in [5.74, 6) is 0. The maximum Gasteiger partial charge on any atom is 0.0326 e. The van der Waals surface area contributed by atoms with Crippen LogP contribution in [0, 0.1) is 0 Å². The largest absolute Gasteiger partial charge is 0.306 e. The van der Waals surface area contributed by atoms with E-state index < -0.39 is 0 Å². The lowest BCUT2D eigenvalue weighted by atomic mass is 9.87. The van der Waals surface area contributed by atoms with Gasteiger partial charge in [-0.3, -0.25) is 0 Å². The second-order valence-corrected chi connectivity index (χ2v) is 7.01. The summed E-state index contributed by atoms with van der Waals surface area (Å²) in [6.45, 7) is 0.932. The van der Waals surface area contributed by atoms with Gasteiger partial charge in [-0.25, -0.2) is 0 Å². The van der Waals surface area contributed by atoms with E-state index in [9.17, 15) is 0 Å². The van der Waals surface area contributed by atoms with Gasteiger partial charge in [0.15, 0.2) is 0 Å². The molecule has 0 radical (unpaired) electrons. The molecule has 0 aromatic heterocycles. The van der Waals surface area contributed by atoms with Gasteiger partial charge in [-0.05, 0) is 53.5 Å². The number of aryl methyl sites for hydroxylation is 1. The Balaban J connectivity index is 1.43. The maximum absolute atomic E-state index is 3.79. The quantitative estimate of drug-likeness (QED) is 0.657. The number of benzene rings is 3. The number of fused-ring (bicyclic) bond motifs is 1. The van der Waals surface area contributed by atoms with Crippen molar-refractivity contribution >= 4 is 0 Å². The Kier molecular flexibility index (Phi) is 4.94. The summed E-state index contributed by atoms with van der Waals surface area (Å²) >= 11 is 0. The van der Waals surface area contributed by atoms with E-state index >= 15 is 0 Å². The molecular formula is C24H25N. The molecule has 0 saturated heterocycles. The van der Waals surface area contributed by atoms with E-state index in [2.05, 4.69) is 84.2 Å². The second kappa shape index (κ2) is 7.67. The van der Waals surface area contributed by atoms with Gasteiger partial charge in [0.25, 0.3) is 0 Å². The van der Waals surface area contributed by atoms with Gasteiger partial charge in [0.2, 0.25) is 0 Å². The molecular weight excluding hydrogens is 302 g/mol. The van der Waals surface area contributed by atoms with Crippen LogP contribution in [-0.4, -0.2) is 0 Å². The minimum Gasteiger partial charge on any atom is -0.306 e. The Hall–Kier alpha value is -2.38. The Labute approximate surface area is 150 Å². The molecule has 0 spiro atoms. The molecule has 3 aromatic rings. The van der Waals surface area contributed by atoms with E-state index in [1.165, 1.54) is 47.1 Å². The predicted octanol–water partition coefficient (Wildman–Crippen LogP) is 5.44. The first kappa shape index (κ1) is 16.1. The lowest BCUT2D eigenvalue weighted by molar-refractivity contribution is 0.459. The Bertz CT molecular complexity index is 822. The van der Waals surface area contributed by atoms with Gasteiger partial charge in [-0.15, -0.1) is 0 Å². The molecule has 1 N–H and O–H groups in total. The van der Waals surface area contributed by atoms with E-state index in [1.54, 1.807) is 0 Å². The van der Waals surface area contributed by atoms with Gasteiger partial charge in [-0.1, -0.05) is 78.9 Å². The molecule has 0 amide bonds. The molecule has 1 nitrogen and oxygen atoms in total. The first-order chi connectivity index (χ1) is 12.4. The molecule has 1 heteroatoms. The van der Waals surface area contributed by atoms with Gasteiger partial charge in [-0.2, -0.15) is 0 Å². The van der Waals surface area contributed by atoms with Gasteiger partial charge in [0.1, 0.15) is 0 Å². The van der Waals surface area contributed by atoms with Crippen LogP contribution in [0.5, 0.6) is 0 Å². The van der Waals surface area contributed by atoms with Crippen LogP contribution in [0.2, 0.25) is 0 Å². The third-order valence-electron chi connectivity index (χ3n) is 5.16. The Morgan fingerprint density at radius 3 is 2.44 bits per heavy atom. The monoisotopic (exact) mass is 327 g/mol. The fraction of sp³-hybridized carbons (Fsp3) is 0.250. The zero-order valence-electron chi connectivity index (χ0n) is 14.6. The van der Waals surface area contributed by atoms with Crippen LogP contribution < -0.4 is 5.32 Å². The summed E-state index contributed by atoms with van der Waals surface area (Å²) in [5, 5.41) is 3.79. The lowest BCUT2D eigenvalue weighted by Crippen LogP contribution is -2.24. The average Bonchev–Trinajstić information content (AvgIpc) is 2.67. The smallest absolute Gasteiger partial charge is 0.0326 e. The first-order valence-corrected chi connectivity index (χ1v) is 9.31. The van der Waals surface area contributed by atoms with Crippen molar-refractivity contribution in [2.45, 2.75) is 38.3 Å². The summed E-state index contributed by atoms with van der Waals surface area (Å²) in [4.78, 5) is 0. The van der Waals surface area contributed by atoms with E-state index in [4.69, 9.17) is 0 Å². The highest BCUT2D eigenvalue weighted by atomic mass is 14.9. The van der Waals surface area contributed by atoms with Crippen molar-refractivity contribution < 1.29 is 0 Å². The van der Waals surface area contributed by atoms with Crippen molar-refractivity contribution in [3.63, 3.8) is 0 Å². The topological polar surface area (TPSA) is 12.0 Å². The van der Waals surface area contributed by atoms with E-state index in [-0.39, 0.29) is 0 Å². The third-order valence-corrected chi connectivity index (χ3v) is 5.16. The highest BCUT2D eigenvalue weighted by molar-refractivity contribution is 5.33. The molecule has 1 aliphatic rings. The summed E-state index contributed by atoms with van der Waals surface area (Å²) in [7, 11) is 0. The summed E-state index contributed by atoms with van der Waals surface area (Å²) in [5.41, 5.74) is 7.14. The van der Waals surface area contributed by atoms with Crippen LogP contribution in [0.4, 0.5) is 0 Å². The van der Waals surface area contributed by atoms with Gasteiger partial charge in [0, 0.05) is 12.6 Å². The number of hydrogen-bond donors (Lipinski definition) is 1. The van der Waals surface area contributed by atoms with Crippen molar-refractivity contribution in [2.75, 3.05) is 0 Å². The highest BCUT2D eigenvalue weighted by Crippen LogP contribution is 2.29. The van der Waals surface area contributed by atoms with Crippen LogP contribution in [0.3, 0.4) is 0 Å². The minimum absolute atomic E-state index is 0.489. The van der Waals surface area contributed by atoms with E-state index in [0.717, 1.165) is 13.0 Å². The zero-order valence-corrected chi connectivity index (χ0v) is 14.6. The Morgan fingerprint density at radius 1 is 0.760 bits per heavy atom. The van der Waals surface area contributed by atoms with Crippen molar-refractivity contribution in [1.82, 2.24) is 5.32 Å². The van der Waals surface area contributed by atoms with E-state index in [1.807, 2.05) is 0 Å². The fourth-order valence-electron chi connectivity index (χ4n) is 3.89. The molecule has 3 aromatic carbocycles. The number of nitrogens with one attached hydrogen (secondary N) is 1. The molecule has 0 saturated carbocycles. The number of hydrogen-bond acceptors (Lipinski definition) is 1. The zero-order chi connectivity index (χ0) is 16.9. The van der Waals surface area contributed by atoms with Crippen molar-refractivity contribution in [3.05, 3.63) is 107 Å². The normalized spacial score (nSPS) is 16.4. The van der Waals surface area contributed by atoms with Crippen LogP contribution in [-0.2, 0) is 19.4 Å². The molecule has 0 aliphatic heterocycles. The molecule has 1 aliphatic carbocycles. The first-order valence-electron chi connectivity index (χ1n) is 9.31.